The van der Waals surface area contributed by atoms with E-state index < -0.39 is 5.60 Å². The molecular weight excluding hydrogens is 278 g/mol. The maximum atomic E-state index is 9.68. The molecule has 1 heterocycles. The van der Waals surface area contributed by atoms with Crippen molar-refractivity contribution in [3.8, 4) is 11.1 Å². The average molecular weight is 301 g/mol. The molecule has 0 aliphatic heterocycles. The summed E-state index contributed by atoms with van der Waals surface area (Å²) in [6, 6.07) is 5.77. The standard InChI is InChI=1S/C17H23N3O2/c1-17(2,21)5-6-20-10-13-8-16(19-3)14(9-15(13)18)12-4-7-22-11-12/h4,7-11,19,21H,5-6,18H2,1-3H3. The van der Waals surface area contributed by atoms with Crippen molar-refractivity contribution < 1.29 is 9.52 Å². The number of hydrogen-bond acceptors (Lipinski definition) is 5. The van der Waals surface area contributed by atoms with Crippen molar-refractivity contribution in [2.24, 2.45) is 4.99 Å². The molecule has 1 aromatic heterocycles. The van der Waals surface area contributed by atoms with Crippen molar-refractivity contribution >= 4 is 17.6 Å². The van der Waals surface area contributed by atoms with Crippen molar-refractivity contribution in [2.45, 2.75) is 25.9 Å². The SMILES string of the molecule is CNc1cc(C=NCCC(C)(C)O)c(N)cc1-c1ccoc1. The first-order valence-electron chi connectivity index (χ1n) is 7.27. The van der Waals surface area contributed by atoms with E-state index in [2.05, 4.69) is 10.3 Å². The maximum Gasteiger partial charge on any atom is 0.0981 e. The lowest BCUT2D eigenvalue weighted by molar-refractivity contribution is 0.0739. The van der Waals surface area contributed by atoms with Crippen LogP contribution in [0.15, 0.2) is 40.1 Å². The second-order valence-electron chi connectivity index (χ2n) is 5.89. The molecule has 0 spiro atoms. The summed E-state index contributed by atoms with van der Waals surface area (Å²) in [5, 5.41) is 12.8. The topological polar surface area (TPSA) is 83.8 Å². The molecule has 0 fully saturated rings. The Kier molecular flexibility index (Phi) is 4.88. The molecule has 118 valence electrons. The highest BCUT2D eigenvalue weighted by atomic mass is 16.3. The molecule has 1 aromatic carbocycles. The summed E-state index contributed by atoms with van der Waals surface area (Å²) in [6.45, 7) is 4.10. The highest BCUT2D eigenvalue weighted by Crippen LogP contribution is 2.32. The van der Waals surface area contributed by atoms with Gasteiger partial charge >= 0.3 is 0 Å². The number of benzene rings is 1. The summed E-state index contributed by atoms with van der Waals surface area (Å²) in [6.07, 6.45) is 5.68. The minimum absolute atomic E-state index is 0.557. The normalized spacial score (nSPS) is 12.0. The fourth-order valence-electron chi connectivity index (χ4n) is 2.11. The van der Waals surface area contributed by atoms with Gasteiger partial charge in [-0.3, -0.25) is 4.99 Å². The van der Waals surface area contributed by atoms with E-state index in [1.54, 1.807) is 32.6 Å². The van der Waals surface area contributed by atoms with E-state index >= 15 is 0 Å². The molecular formula is C17H23N3O2. The van der Waals surface area contributed by atoms with Gasteiger partial charge in [-0.1, -0.05) is 0 Å². The van der Waals surface area contributed by atoms with Crippen LogP contribution < -0.4 is 11.1 Å². The lowest BCUT2D eigenvalue weighted by Crippen LogP contribution is -2.19. The summed E-state index contributed by atoms with van der Waals surface area (Å²) in [7, 11) is 1.87. The Morgan fingerprint density at radius 1 is 1.41 bits per heavy atom. The lowest BCUT2D eigenvalue weighted by atomic mass is 10.0. The van der Waals surface area contributed by atoms with E-state index in [1.165, 1.54) is 0 Å². The van der Waals surface area contributed by atoms with Crippen LogP contribution in [0, 0.1) is 0 Å². The van der Waals surface area contributed by atoms with E-state index in [-0.39, 0.29) is 0 Å². The molecule has 2 aromatic rings. The first-order chi connectivity index (χ1) is 10.4. The summed E-state index contributed by atoms with van der Waals surface area (Å²) in [5.74, 6) is 0. The number of nitrogens with one attached hydrogen (secondary N) is 1. The number of anilines is 2. The molecule has 0 unspecified atom stereocenters. The first-order valence-corrected chi connectivity index (χ1v) is 7.27. The van der Waals surface area contributed by atoms with Crippen LogP contribution in [0.5, 0.6) is 0 Å². The highest BCUT2D eigenvalue weighted by Gasteiger charge is 2.11. The number of nitrogens with two attached hydrogens (primary N) is 1. The van der Waals surface area contributed by atoms with Gasteiger partial charge in [-0.05, 0) is 38.5 Å². The van der Waals surface area contributed by atoms with Gasteiger partial charge < -0.3 is 20.6 Å². The van der Waals surface area contributed by atoms with Crippen molar-refractivity contribution in [3.63, 3.8) is 0 Å². The van der Waals surface area contributed by atoms with Crippen LogP contribution in [0.1, 0.15) is 25.8 Å². The van der Waals surface area contributed by atoms with Crippen LogP contribution in [0.3, 0.4) is 0 Å². The summed E-state index contributed by atoms with van der Waals surface area (Å²) in [4.78, 5) is 4.34. The van der Waals surface area contributed by atoms with E-state index in [0.717, 1.165) is 22.4 Å². The molecule has 0 bridgehead atoms. The van der Waals surface area contributed by atoms with Crippen LogP contribution >= 0.6 is 0 Å². The molecule has 5 nitrogen and oxygen atoms in total. The largest absolute Gasteiger partial charge is 0.472 e. The van der Waals surface area contributed by atoms with Crippen LogP contribution in [0.25, 0.3) is 11.1 Å². The Balaban J connectivity index is 2.22. The third-order valence-electron chi connectivity index (χ3n) is 3.41. The van der Waals surface area contributed by atoms with Crippen molar-refractivity contribution in [1.29, 1.82) is 0 Å². The molecule has 0 radical (unpaired) electrons. The fraction of sp³-hybridized carbons (Fsp3) is 0.353. The van der Waals surface area contributed by atoms with Crippen molar-refractivity contribution in [3.05, 3.63) is 36.3 Å². The zero-order valence-corrected chi connectivity index (χ0v) is 13.3. The minimum Gasteiger partial charge on any atom is -0.472 e. The van der Waals surface area contributed by atoms with Gasteiger partial charge in [0, 0.05) is 47.9 Å². The summed E-state index contributed by atoms with van der Waals surface area (Å²) >= 11 is 0. The summed E-state index contributed by atoms with van der Waals surface area (Å²) in [5.41, 5.74) is 9.84. The first kappa shape index (κ1) is 16.1. The highest BCUT2D eigenvalue weighted by molar-refractivity contribution is 5.93. The van der Waals surface area contributed by atoms with Gasteiger partial charge in [0.15, 0.2) is 0 Å². The third-order valence-corrected chi connectivity index (χ3v) is 3.41. The molecule has 0 atom stereocenters. The lowest BCUT2D eigenvalue weighted by Gasteiger charge is -2.14. The molecule has 5 heteroatoms. The predicted molar refractivity (Wildman–Crippen MR) is 91.5 cm³/mol. The smallest absolute Gasteiger partial charge is 0.0981 e. The van der Waals surface area contributed by atoms with Gasteiger partial charge in [-0.25, -0.2) is 0 Å². The Labute approximate surface area is 130 Å². The number of nitrogen functional groups attached to an aromatic ring is 1. The number of hydrogen-bond donors (Lipinski definition) is 3. The number of aliphatic imine (C=N–C) groups is 1. The molecule has 0 aliphatic rings. The minimum atomic E-state index is -0.704. The van der Waals surface area contributed by atoms with E-state index in [4.69, 9.17) is 10.2 Å². The van der Waals surface area contributed by atoms with Crippen LogP contribution in [-0.2, 0) is 0 Å². The number of aliphatic hydroxyl groups is 1. The second kappa shape index (κ2) is 6.66. The quantitative estimate of drug-likeness (QED) is 0.565. The van der Waals surface area contributed by atoms with Gasteiger partial charge in [0.05, 0.1) is 18.1 Å². The van der Waals surface area contributed by atoms with Gasteiger partial charge in [0.2, 0.25) is 0 Å². The van der Waals surface area contributed by atoms with E-state index in [0.29, 0.717) is 18.7 Å². The second-order valence-corrected chi connectivity index (χ2v) is 5.89. The Morgan fingerprint density at radius 3 is 2.77 bits per heavy atom. The van der Waals surface area contributed by atoms with Gasteiger partial charge in [0.25, 0.3) is 0 Å². The van der Waals surface area contributed by atoms with Crippen LogP contribution in [0.4, 0.5) is 11.4 Å². The molecule has 22 heavy (non-hydrogen) atoms. The van der Waals surface area contributed by atoms with E-state index in [1.807, 2.05) is 25.2 Å². The van der Waals surface area contributed by atoms with Crippen LogP contribution in [0.2, 0.25) is 0 Å². The van der Waals surface area contributed by atoms with Gasteiger partial charge in [-0.2, -0.15) is 0 Å². The van der Waals surface area contributed by atoms with E-state index in [9.17, 15) is 5.11 Å². The fourth-order valence-corrected chi connectivity index (χ4v) is 2.11. The Hall–Kier alpha value is -2.27. The Bertz CT molecular complexity index is 641. The summed E-state index contributed by atoms with van der Waals surface area (Å²) < 4.78 is 5.13. The molecule has 0 aliphatic carbocycles. The molecule has 0 saturated carbocycles. The number of rotatable bonds is 6. The maximum absolute atomic E-state index is 9.68. The average Bonchev–Trinajstić information content (AvgIpc) is 2.97. The molecule has 0 saturated heterocycles. The monoisotopic (exact) mass is 301 g/mol. The predicted octanol–water partition coefficient (Wildman–Crippen LogP) is 3.15. The molecule has 4 N–H and O–H groups in total. The zero-order valence-electron chi connectivity index (χ0n) is 13.3. The van der Waals surface area contributed by atoms with Gasteiger partial charge in [0.1, 0.15) is 0 Å². The Morgan fingerprint density at radius 2 is 2.18 bits per heavy atom. The van der Waals surface area contributed by atoms with Gasteiger partial charge in [-0.15, -0.1) is 0 Å². The third kappa shape index (κ3) is 4.11. The van der Waals surface area contributed by atoms with Crippen molar-refractivity contribution in [2.75, 3.05) is 24.6 Å². The number of nitrogens with zero attached hydrogens (tertiary/aromatic N) is 1. The van der Waals surface area contributed by atoms with Crippen molar-refractivity contribution in [1.82, 2.24) is 0 Å². The number of furan rings is 1. The molecule has 2 rings (SSSR count). The molecule has 0 amide bonds. The zero-order chi connectivity index (χ0) is 16.2. The van der Waals surface area contributed by atoms with Crippen LogP contribution in [-0.4, -0.2) is 30.5 Å².